The number of carbonyl (C=O) groups is 1. The molecule has 10 heteroatoms. The number of hydrogen-bond donors (Lipinski definition) is 2. The second-order valence-electron chi connectivity index (χ2n) is 2.99. The third-order valence-electron chi connectivity index (χ3n) is 1.82. The Morgan fingerprint density at radius 3 is 2.78 bits per heavy atom. The van der Waals surface area contributed by atoms with Crippen molar-refractivity contribution >= 4 is 33.3 Å². The molecule has 0 spiro atoms. The number of thiophene rings is 1. The Labute approximate surface area is 105 Å². The SMILES string of the molecule is O=C(O)c1sccc1S(=O)(=O)Nc1nccnn1. The van der Waals surface area contributed by atoms with E-state index in [2.05, 4.69) is 15.2 Å². The number of nitrogens with one attached hydrogen (secondary N) is 1. The first-order valence-corrected chi connectivity index (χ1v) is 6.84. The highest BCUT2D eigenvalue weighted by molar-refractivity contribution is 7.93. The highest BCUT2D eigenvalue weighted by Gasteiger charge is 2.24. The molecule has 0 aliphatic rings. The van der Waals surface area contributed by atoms with Crippen LogP contribution in [0.2, 0.25) is 0 Å². The van der Waals surface area contributed by atoms with Crippen LogP contribution in [0.15, 0.2) is 28.7 Å². The van der Waals surface area contributed by atoms with Crippen LogP contribution in [-0.4, -0.2) is 34.7 Å². The average molecular weight is 286 g/mol. The summed E-state index contributed by atoms with van der Waals surface area (Å²) in [6.07, 6.45) is 2.54. The summed E-state index contributed by atoms with van der Waals surface area (Å²) >= 11 is 0.820. The molecular weight excluding hydrogens is 280 g/mol. The fraction of sp³-hybridized carbons (Fsp3) is 0. The van der Waals surface area contributed by atoms with Gasteiger partial charge < -0.3 is 5.11 Å². The maximum Gasteiger partial charge on any atom is 0.347 e. The van der Waals surface area contributed by atoms with Gasteiger partial charge in [0, 0.05) is 0 Å². The number of anilines is 1. The van der Waals surface area contributed by atoms with Gasteiger partial charge in [-0.3, -0.25) is 0 Å². The molecule has 0 unspecified atom stereocenters. The first-order valence-electron chi connectivity index (χ1n) is 4.48. The van der Waals surface area contributed by atoms with E-state index in [1.54, 1.807) is 0 Å². The Morgan fingerprint density at radius 2 is 2.17 bits per heavy atom. The van der Waals surface area contributed by atoms with E-state index in [1.807, 2.05) is 4.72 Å². The van der Waals surface area contributed by atoms with Crippen LogP contribution in [0.25, 0.3) is 0 Å². The zero-order valence-corrected chi connectivity index (χ0v) is 10.3. The van der Waals surface area contributed by atoms with Crippen molar-refractivity contribution in [1.29, 1.82) is 0 Å². The minimum atomic E-state index is -4.03. The largest absolute Gasteiger partial charge is 0.477 e. The second-order valence-corrected chi connectivity index (χ2v) is 5.56. The minimum absolute atomic E-state index is 0.222. The Morgan fingerprint density at radius 1 is 1.39 bits per heavy atom. The summed E-state index contributed by atoms with van der Waals surface area (Å²) in [4.78, 5) is 13.9. The summed E-state index contributed by atoms with van der Waals surface area (Å²) in [7, 11) is -4.03. The van der Waals surface area contributed by atoms with Gasteiger partial charge in [-0.1, -0.05) is 0 Å². The maximum atomic E-state index is 11.9. The zero-order valence-electron chi connectivity index (χ0n) is 8.64. The molecule has 18 heavy (non-hydrogen) atoms. The number of hydrogen-bond acceptors (Lipinski definition) is 7. The van der Waals surface area contributed by atoms with E-state index in [1.165, 1.54) is 23.8 Å². The van der Waals surface area contributed by atoms with Gasteiger partial charge in [0.25, 0.3) is 16.0 Å². The van der Waals surface area contributed by atoms with Crippen LogP contribution >= 0.6 is 11.3 Å². The predicted molar refractivity (Wildman–Crippen MR) is 61.9 cm³/mol. The summed E-state index contributed by atoms with van der Waals surface area (Å²) in [6, 6.07) is 1.20. The van der Waals surface area contributed by atoms with Crippen molar-refractivity contribution in [3.8, 4) is 0 Å². The number of carboxylic acids is 1. The molecule has 0 saturated heterocycles. The quantitative estimate of drug-likeness (QED) is 0.835. The Hall–Kier alpha value is -2.07. The Balaban J connectivity index is 2.37. The van der Waals surface area contributed by atoms with E-state index in [9.17, 15) is 13.2 Å². The van der Waals surface area contributed by atoms with Crippen molar-refractivity contribution in [3.05, 3.63) is 28.7 Å². The molecule has 2 rings (SSSR count). The van der Waals surface area contributed by atoms with Crippen molar-refractivity contribution < 1.29 is 18.3 Å². The fourth-order valence-corrected chi connectivity index (χ4v) is 3.34. The summed E-state index contributed by atoms with van der Waals surface area (Å²) in [5.74, 6) is -1.53. The predicted octanol–water partition coefficient (Wildman–Crippen LogP) is 0.432. The number of aromatic carboxylic acids is 1. The third-order valence-corrected chi connectivity index (χ3v) is 4.22. The van der Waals surface area contributed by atoms with Gasteiger partial charge in [0.15, 0.2) is 0 Å². The van der Waals surface area contributed by atoms with E-state index >= 15 is 0 Å². The number of aromatic nitrogens is 3. The molecule has 2 aromatic rings. The smallest absolute Gasteiger partial charge is 0.347 e. The molecule has 2 N–H and O–H groups in total. The van der Waals surface area contributed by atoms with Crippen LogP contribution < -0.4 is 4.72 Å². The van der Waals surface area contributed by atoms with E-state index < -0.39 is 16.0 Å². The molecule has 0 saturated carbocycles. The van der Waals surface area contributed by atoms with Gasteiger partial charge in [-0.2, -0.15) is 5.10 Å². The standard InChI is InChI=1S/C8H6N4O4S2/c13-7(14)6-5(1-4-17-6)18(15,16)12-8-9-2-3-10-11-8/h1-4H,(H,13,14)(H,9,11,12). The number of carboxylic acid groups (broad SMARTS) is 1. The Bertz CT molecular complexity index is 667. The first-order chi connectivity index (χ1) is 8.50. The van der Waals surface area contributed by atoms with Crippen molar-refractivity contribution in [2.75, 3.05) is 4.72 Å². The average Bonchev–Trinajstić information content (AvgIpc) is 2.79. The number of nitrogens with zero attached hydrogens (tertiary/aromatic N) is 3. The van der Waals surface area contributed by atoms with E-state index in [0.717, 1.165) is 11.3 Å². The molecular formula is C8H6N4O4S2. The molecule has 0 fully saturated rings. The minimum Gasteiger partial charge on any atom is -0.477 e. The van der Waals surface area contributed by atoms with Crippen LogP contribution in [0.5, 0.6) is 0 Å². The molecule has 0 bridgehead atoms. The van der Waals surface area contributed by atoms with E-state index in [-0.39, 0.29) is 15.7 Å². The van der Waals surface area contributed by atoms with Crippen LogP contribution in [0, 0.1) is 0 Å². The van der Waals surface area contributed by atoms with Gasteiger partial charge in [-0.15, -0.1) is 16.4 Å². The highest BCUT2D eigenvalue weighted by Crippen LogP contribution is 2.23. The first kappa shape index (κ1) is 12.4. The van der Waals surface area contributed by atoms with E-state index in [4.69, 9.17) is 5.11 Å². The molecule has 94 valence electrons. The van der Waals surface area contributed by atoms with Crippen LogP contribution in [0.3, 0.4) is 0 Å². The van der Waals surface area contributed by atoms with Gasteiger partial charge in [-0.25, -0.2) is 22.9 Å². The number of rotatable bonds is 4. The third kappa shape index (κ3) is 2.43. The lowest BCUT2D eigenvalue weighted by Crippen LogP contribution is -2.17. The monoisotopic (exact) mass is 286 g/mol. The molecule has 0 aliphatic carbocycles. The lowest BCUT2D eigenvalue weighted by molar-refractivity contribution is 0.0698. The second kappa shape index (κ2) is 4.66. The van der Waals surface area contributed by atoms with Crippen molar-refractivity contribution in [3.63, 3.8) is 0 Å². The molecule has 0 aromatic carbocycles. The maximum absolute atomic E-state index is 11.9. The molecule has 2 heterocycles. The van der Waals surface area contributed by atoms with Crippen LogP contribution in [0.4, 0.5) is 5.95 Å². The lowest BCUT2D eigenvalue weighted by atomic mass is 10.5. The fourth-order valence-electron chi connectivity index (χ4n) is 1.13. The topological polar surface area (TPSA) is 122 Å². The van der Waals surface area contributed by atoms with E-state index in [0.29, 0.717) is 0 Å². The molecule has 0 atom stereocenters. The summed E-state index contributed by atoms with van der Waals surface area (Å²) in [6.45, 7) is 0. The highest BCUT2D eigenvalue weighted by atomic mass is 32.2. The molecule has 2 aromatic heterocycles. The van der Waals surface area contributed by atoms with Crippen molar-refractivity contribution in [2.45, 2.75) is 4.90 Å². The molecule has 0 radical (unpaired) electrons. The van der Waals surface area contributed by atoms with Gasteiger partial charge >= 0.3 is 5.97 Å². The van der Waals surface area contributed by atoms with Crippen molar-refractivity contribution in [1.82, 2.24) is 15.2 Å². The van der Waals surface area contributed by atoms with Crippen LogP contribution in [0.1, 0.15) is 9.67 Å². The van der Waals surface area contributed by atoms with Gasteiger partial charge in [0.05, 0.1) is 12.4 Å². The number of sulfonamides is 1. The van der Waals surface area contributed by atoms with Crippen LogP contribution in [-0.2, 0) is 10.0 Å². The lowest BCUT2D eigenvalue weighted by Gasteiger charge is -2.04. The molecule has 8 nitrogen and oxygen atoms in total. The van der Waals surface area contributed by atoms with Gasteiger partial charge in [0.2, 0.25) is 0 Å². The molecule has 0 aliphatic heterocycles. The summed E-state index contributed by atoms with van der Waals surface area (Å²) in [5.41, 5.74) is 0. The van der Waals surface area contributed by atoms with Crippen molar-refractivity contribution in [2.24, 2.45) is 0 Å². The molecule has 0 amide bonds. The Kier molecular flexibility index (Phi) is 3.21. The summed E-state index contributed by atoms with van der Waals surface area (Å²) in [5, 5.41) is 17.1. The zero-order chi connectivity index (χ0) is 13.2. The van der Waals surface area contributed by atoms with Gasteiger partial charge in [0.1, 0.15) is 9.77 Å². The normalized spacial score (nSPS) is 11.1. The van der Waals surface area contributed by atoms with Gasteiger partial charge in [-0.05, 0) is 11.4 Å². The summed E-state index contributed by atoms with van der Waals surface area (Å²) < 4.78 is 25.9.